The number of hydrogen-bond acceptors (Lipinski definition) is 7. The van der Waals surface area contributed by atoms with Gasteiger partial charge in [0, 0.05) is 24.4 Å². The van der Waals surface area contributed by atoms with Crippen molar-refractivity contribution in [1.82, 2.24) is 25.5 Å². The zero-order valence-corrected chi connectivity index (χ0v) is 22.3. The lowest BCUT2D eigenvalue weighted by Gasteiger charge is -2.30. The van der Waals surface area contributed by atoms with Gasteiger partial charge in [-0.15, -0.1) is 10.2 Å². The van der Waals surface area contributed by atoms with Crippen LogP contribution in [0.4, 0.5) is 5.69 Å². The van der Waals surface area contributed by atoms with Crippen LogP contribution in [0.2, 0.25) is 0 Å². The van der Waals surface area contributed by atoms with Gasteiger partial charge in [0.1, 0.15) is 18.1 Å². The number of anilines is 1. The number of aromatic nitrogens is 4. The van der Waals surface area contributed by atoms with Crippen LogP contribution >= 0.6 is 0 Å². The molecular weight excluding hydrogens is 496 g/mol. The lowest BCUT2D eigenvalue weighted by atomic mass is 10.1. The SMILES string of the molecule is Cc1ccc(-c2nnn(CC(=O)N(c3cccc(C)c3)C(C(=O)NCC3CCCO3)c3ccc(C)o3)n2)cc1. The number of rotatable bonds is 9. The predicted octanol–water partition coefficient (Wildman–Crippen LogP) is 3.93. The predicted molar refractivity (Wildman–Crippen MR) is 145 cm³/mol. The maximum Gasteiger partial charge on any atom is 0.251 e. The van der Waals surface area contributed by atoms with Crippen LogP contribution in [-0.2, 0) is 20.9 Å². The molecule has 0 saturated carbocycles. The van der Waals surface area contributed by atoms with Crippen LogP contribution < -0.4 is 10.2 Å². The van der Waals surface area contributed by atoms with E-state index in [1.165, 1.54) is 9.70 Å². The van der Waals surface area contributed by atoms with Crippen LogP contribution in [0.5, 0.6) is 0 Å². The second kappa shape index (κ2) is 11.6. The molecule has 0 bridgehead atoms. The van der Waals surface area contributed by atoms with E-state index in [1.54, 1.807) is 25.1 Å². The van der Waals surface area contributed by atoms with Crippen molar-refractivity contribution < 1.29 is 18.7 Å². The third-order valence-electron chi connectivity index (χ3n) is 6.65. The summed E-state index contributed by atoms with van der Waals surface area (Å²) in [5.41, 5.74) is 3.42. The number of ether oxygens (including phenoxy) is 1. The minimum absolute atomic E-state index is 0.0457. The molecule has 39 heavy (non-hydrogen) atoms. The van der Waals surface area contributed by atoms with Gasteiger partial charge >= 0.3 is 0 Å². The number of carbonyl (C=O) groups excluding carboxylic acids is 2. The van der Waals surface area contributed by atoms with E-state index in [9.17, 15) is 9.59 Å². The summed E-state index contributed by atoms with van der Waals surface area (Å²) in [4.78, 5) is 30.4. The van der Waals surface area contributed by atoms with Crippen LogP contribution in [0.15, 0.2) is 65.1 Å². The second-order valence-electron chi connectivity index (χ2n) is 9.84. The first-order chi connectivity index (χ1) is 18.9. The molecule has 1 N–H and O–H groups in total. The molecule has 2 unspecified atom stereocenters. The van der Waals surface area contributed by atoms with Gasteiger partial charge in [0.05, 0.1) is 6.10 Å². The van der Waals surface area contributed by atoms with Gasteiger partial charge in [-0.2, -0.15) is 4.80 Å². The van der Waals surface area contributed by atoms with Crippen LogP contribution in [0, 0.1) is 20.8 Å². The van der Waals surface area contributed by atoms with Gasteiger partial charge in [0.2, 0.25) is 5.82 Å². The standard InChI is InChI=1S/C29H32N6O4/c1-19-9-12-22(13-10-19)28-31-33-34(32-28)18-26(36)35(23-7-4-6-20(2)16-23)27(25-14-11-21(3)39-25)29(37)30-17-24-8-5-15-38-24/h4,6-7,9-14,16,24,27H,5,8,15,17-18H2,1-3H3,(H,30,37). The molecule has 1 fully saturated rings. The topological polar surface area (TPSA) is 115 Å². The summed E-state index contributed by atoms with van der Waals surface area (Å²) < 4.78 is 11.6. The molecule has 2 atom stereocenters. The summed E-state index contributed by atoms with van der Waals surface area (Å²) in [7, 11) is 0. The Hall–Kier alpha value is -4.31. The van der Waals surface area contributed by atoms with Crippen LogP contribution in [0.1, 0.15) is 41.5 Å². The van der Waals surface area contributed by atoms with Crippen molar-refractivity contribution in [3.05, 3.63) is 83.3 Å². The molecule has 0 aliphatic carbocycles. The Labute approximate surface area is 227 Å². The number of hydrogen-bond donors (Lipinski definition) is 1. The van der Waals surface area contributed by atoms with E-state index >= 15 is 0 Å². The number of benzene rings is 2. The van der Waals surface area contributed by atoms with E-state index in [2.05, 4.69) is 20.7 Å². The van der Waals surface area contributed by atoms with Gasteiger partial charge < -0.3 is 14.5 Å². The third kappa shape index (κ3) is 6.23. The minimum atomic E-state index is -1.05. The third-order valence-corrected chi connectivity index (χ3v) is 6.65. The second-order valence-corrected chi connectivity index (χ2v) is 9.84. The van der Waals surface area contributed by atoms with Crippen molar-refractivity contribution in [3.63, 3.8) is 0 Å². The van der Waals surface area contributed by atoms with E-state index in [0.29, 0.717) is 36.2 Å². The molecule has 5 rings (SSSR count). The van der Waals surface area contributed by atoms with Crippen molar-refractivity contribution in [2.24, 2.45) is 0 Å². The number of tetrazole rings is 1. The van der Waals surface area contributed by atoms with Crippen LogP contribution in [0.3, 0.4) is 0 Å². The Morgan fingerprint density at radius 1 is 1.08 bits per heavy atom. The number of nitrogens with zero attached hydrogens (tertiary/aromatic N) is 5. The van der Waals surface area contributed by atoms with Crippen molar-refractivity contribution in [3.8, 4) is 11.4 Å². The summed E-state index contributed by atoms with van der Waals surface area (Å²) >= 11 is 0. The number of amides is 2. The molecule has 2 aromatic carbocycles. The fourth-order valence-electron chi connectivity index (χ4n) is 4.63. The lowest BCUT2D eigenvalue weighted by Crippen LogP contribution is -2.46. The number of nitrogens with one attached hydrogen (secondary N) is 1. The Morgan fingerprint density at radius 2 is 1.90 bits per heavy atom. The summed E-state index contributed by atoms with van der Waals surface area (Å²) in [5.74, 6) is 0.664. The molecule has 0 radical (unpaired) electrons. The van der Waals surface area contributed by atoms with Gasteiger partial charge in [0.15, 0.2) is 6.04 Å². The normalized spacial score (nSPS) is 15.7. The first-order valence-corrected chi connectivity index (χ1v) is 13.1. The average Bonchev–Trinajstić information content (AvgIpc) is 3.69. The fourth-order valence-corrected chi connectivity index (χ4v) is 4.63. The minimum Gasteiger partial charge on any atom is -0.464 e. The Balaban J connectivity index is 1.46. The molecule has 4 aromatic rings. The van der Waals surface area contributed by atoms with E-state index in [0.717, 1.165) is 29.5 Å². The van der Waals surface area contributed by atoms with E-state index in [4.69, 9.17) is 9.15 Å². The zero-order valence-electron chi connectivity index (χ0n) is 22.3. The molecule has 1 saturated heterocycles. The van der Waals surface area contributed by atoms with Gasteiger partial charge in [-0.25, -0.2) is 0 Å². The van der Waals surface area contributed by atoms with Crippen molar-refractivity contribution >= 4 is 17.5 Å². The van der Waals surface area contributed by atoms with Gasteiger partial charge in [-0.05, 0) is 68.7 Å². The monoisotopic (exact) mass is 528 g/mol. The Morgan fingerprint density at radius 3 is 2.59 bits per heavy atom. The van der Waals surface area contributed by atoms with E-state index < -0.39 is 6.04 Å². The van der Waals surface area contributed by atoms with E-state index in [1.807, 2.05) is 56.3 Å². The number of carbonyl (C=O) groups is 2. The quantitative estimate of drug-likeness (QED) is 0.350. The van der Waals surface area contributed by atoms with Gasteiger partial charge in [-0.1, -0.05) is 42.0 Å². The fraction of sp³-hybridized carbons (Fsp3) is 0.345. The molecular formula is C29H32N6O4. The Bertz CT molecular complexity index is 1440. The van der Waals surface area contributed by atoms with Gasteiger partial charge in [0.25, 0.3) is 11.8 Å². The summed E-state index contributed by atoms with van der Waals surface area (Å²) in [6.07, 6.45) is 1.80. The molecule has 2 amide bonds. The highest BCUT2D eigenvalue weighted by Gasteiger charge is 2.36. The number of furan rings is 1. The Kier molecular flexibility index (Phi) is 7.83. The molecule has 202 valence electrons. The van der Waals surface area contributed by atoms with Crippen LogP contribution in [-0.4, -0.2) is 51.3 Å². The summed E-state index contributed by atoms with van der Waals surface area (Å²) in [5, 5.41) is 15.6. The lowest BCUT2D eigenvalue weighted by molar-refractivity contribution is -0.127. The van der Waals surface area contributed by atoms with Crippen LogP contribution in [0.25, 0.3) is 11.4 Å². The van der Waals surface area contributed by atoms with E-state index in [-0.39, 0.29) is 24.5 Å². The van der Waals surface area contributed by atoms with Gasteiger partial charge in [-0.3, -0.25) is 14.5 Å². The van der Waals surface area contributed by atoms with Crippen molar-refractivity contribution in [1.29, 1.82) is 0 Å². The van der Waals surface area contributed by atoms with Crippen molar-refractivity contribution in [2.75, 3.05) is 18.1 Å². The maximum absolute atomic E-state index is 14.0. The molecule has 0 spiro atoms. The zero-order chi connectivity index (χ0) is 27.4. The summed E-state index contributed by atoms with van der Waals surface area (Å²) in [6.45, 7) is 6.56. The average molecular weight is 529 g/mol. The molecule has 2 aromatic heterocycles. The molecule has 10 heteroatoms. The highest BCUT2D eigenvalue weighted by molar-refractivity contribution is 6.01. The molecule has 3 heterocycles. The summed E-state index contributed by atoms with van der Waals surface area (Å²) in [6, 6.07) is 17.6. The largest absolute Gasteiger partial charge is 0.464 e. The molecule has 10 nitrogen and oxygen atoms in total. The maximum atomic E-state index is 14.0. The number of aryl methyl sites for hydroxylation is 3. The highest BCUT2D eigenvalue weighted by atomic mass is 16.5. The highest BCUT2D eigenvalue weighted by Crippen LogP contribution is 2.30. The first-order valence-electron chi connectivity index (χ1n) is 13.1. The molecule has 1 aliphatic rings. The molecule has 1 aliphatic heterocycles. The first kappa shape index (κ1) is 26.3. The smallest absolute Gasteiger partial charge is 0.251 e. The van der Waals surface area contributed by atoms with Crippen molar-refractivity contribution in [2.45, 2.75) is 52.3 Å².